The van der Waals surface area contributed by atoms with Gasteiger partial charge in [-0.05, 0) is 43.5 Å². The monoisotopic (exact) mass is 441 g/mol. The molecule has 6 nitrogen and oxygen atoms in total. The molecule has 152 valence electrons. The van der Waals surface area contributed by atoms with E-state index in [1.54, 1.807) is 6.07 Å². The second-order valence-electron chi connectivity index (χ2n) is 6.73. The Labute approximate surface area is 175 Å². The van der Waals surface area contributed by atoms with Gasteiger partial charge in [-0.2, -0.15) is 4.31 Å². The first-order chi connectivity index (χ1) is 13.4. The fourth-order valence-corrected chi connectivity index (χ4v) is 6.57. The molecule has 28 heavy (non-hydrogen) atoms. The Hall–Kier alpha value is -1.61. The average Bonchev–Trinajstić information content (AvgIpc) is 3.35. The van der Waals surface area contributed by atoms with E-state index < -0.39 is 16.1 Å². The van der Waals surface area contributed by atoms with E-state index in [0.717, 1.165) is 30.0 Å². The Balaban J connectivity index is 1.52. The molecular formula is C19H24ClN3O3S2. The minimum atomic E-state index is -3.69. The lowest BCUT2D eigenvalue weighted by molar-refractivity contribution is -0.124. The van der Waals surface area contributed by atoms with Crippen molar-refractivity contribution in [1.82, 2.24) is 9.62 Å². The Morgan fingerprint density at radius 2 is 2.04 bits per heavy atom. The van der Waals surface area contributed by atoms with Crippen LogP contribution in [-0.4, -0.2) is 51.4 Å². The fourth-order valence-electron chi connectivity index (χ4n) is 3.30. The van der Waals surface area contributed by atoms with Crippen LogP contribution < -0.4 is 10.2 Å². The van der Waals surface area contributed by atoms with Gasteiger partial charge in [-0.15, -0.1) is 11.3 Å². The third-order valence-corrected chi connectivity index (χ3v) is 8.39. The standard InChI is InChI=1S/C19H24ClN3O3S2/c1-22(15-7-3-2-4-8-15)13-6-12-21-19(24)16-9-5-14-23(16)28(25,26)18-11-10-17(20)27-18/h2-4,7-8,10-11,16H,5-6,9,12-14H2,1H3,(H,21,24)/t16-/m1/s1. The first-order valence-corrected chi connectivity index (χ1v) is 11.8. The molecule has 2 aromatic rings. The van der Waals surface area contributed by atoms with Crippen LogP contribution in [0.5, 0.6) is 0 Å². The van der Waals surface area contributed by atoms with Gasteiger partial charge in [0.1, 0.15) is 10.3 Å². The number of anilines is 1. The predicted octanol–water partition coefficient (Wildman–Crippen LogP) is 3.20. The first-order valence-electron chi connectivity index (χ1n) is 9.20. The molecule has 2 heterocycles. The quantitative estimate of drug-likeness (QED) is 0.638. The van der Waals surface area contributed by atoms with Crippen molar-refractivity contribution >= 4 is 44.6 Å². The topological polar surface area (TPSA) is 69.7 Å². The zero-order valence-corrected chi connectivity index (χ0v) is 18.1. The van der Waals surface area contributed by atoms with Crippen molar-refractivity contribution in [3.05, 3.63) is 46.8 Å². The van der Waals surface area contributed by atoms with Gasteiger partial charge in [0.2, 0.25) is 5.91 Å². The van der Waals surface area contributed by atoms with E-state index in [-0.39, 0.29) is 10.1 Å². The molecule has 1 saturated heterocycles. The van der Waals surface area contributed by atoms with Crippen molar-refractivity contribution in [2.75, 3.05) is 31.6 Å². The van der Waals surface area contributed by atoms with E-state index >= 15 is 0 Å². The molecule has 0 saturated carbocycles. The molecule has 1 atom stereocenters. The summed E-state index contributed by atoms with van der Waals surface area (Å²) in [5, 5.41) is 2.90. The number of nitrogens with zero attached hydrogens (tertiary/aromatic N) is 2. The van der Waals surface area contributed by atoms with E-state index in [4.69, 9.17) is 11.6 Å². The Morgan fingerprint density at radius 3 is 2.71 bits per heavy atom. The van der Waals surface area contributed by atoms with Gasteiger partial charge < -0.3 is 10.2 Å². The Bertz CT molecular complexity index is 902. The Kier molecular flexibility index (Phi) is 6.98. The summed E-state index contributed by atoms with van der Waals surface area (Å²) in [6, 6.07) is 12.4. The number of thiophene rings is 1. The van der Waals surface area contributed by atoms with Gasteiger partial charge in [0.05, 0.1) is 4.34 Å². The van der Waals surface area contributed by atoms with Crippen LogP contribution in [0.25, 0.3) is 0 Å². The van der Waals surface area contributed by atoms with Crippen molar-refractivity contribution < 1.29 is 13.2 Å². The number of nitrogens with one attached hydrogen (secondary N) is 1. The van der Waals surface area contributed by atoms with Gasteiger partial charge >= 0.3 is 0 Å². The summed E-state index contributed by atoms with van der Waals surface area (Å²) in [6.07, 6.45) is 1.98. The smallest absolute Gasteiger partial charge is 0.253 e. The second-order valence-corrected chi connectivity index (χ2v) is 10.6. The highest BCUT2D eigenvalue weighted by molar-refractivity contribution is 7.91. The number of rotatable bonds is 8. The van der Waals surface area contributed by atoms with Gasteiger partial charge in [-0.1, -0.05) is 29.8 Å². The molecule has 3 rings (SSSR count). The number of hydrogen-bond acceptors (Lipinski definition) is 5. The van der Waals surface area contributed by atoms with Crippen LogP contribution in [0.4, 0.5) is 5.69 Å². The zero-order valence-electron chi connectivity index (χ0n) is 15.7. The molecule has 1 aromatic heterocycles. The average molecular weight is 442 g/mol. The van der Waals surface area contributed by atoms with Gasteiger partial charge in [-0.3, -0.25) is 4.79 Å². The maximum Gasteiger partial charge on any atom is 0.253 e. The van der Waals surface area contributed by atoms with E-state index in [9.17, 15) is 13.2 Å². The highest BCUT2D eigenvalue weighted by atomic mass is 35.5. The molecule has 1 aliphatic heterocycles. The molecule has 0 aliphatic carbocycles. The van der Waals surface area contributed by atoms with E-state index in [0.29, 0.717) is 30.3 Å². The van der Waals surface area contributed by atoms with Crippen LogP contribution in [0.1, 0.15) is 19.3 Å². The number of amides is 1. The molecule has 0 bridgehead atoms. The zero-order chi connectivity index (χ0) is 20.1. The maximum absolute atomic E-state index is 12.8. The minimum Gasteiger partial charge on any atom is -0.375 e. The minimum absolute atomic E-state index is 0.182. The predicted molar refractivity (Wildman–Crippen MR) is 114 cm³/mol. The number of carbonyl (C=O) groups excluding carboxylic acids is 1. The summed E-state index contributed by atoms with van der Waals surface area (Å²) in [4.78, 5) is 14.7. The van der Waals surface area contributed by atoms with Gasteiger partial charge in [0.25, 0.3) is 10.0 Å². The van der Waals surface area contributed by atoms with E-state index in [1.807, 2.05) is 37.4 Å². The van der Waals surface area contributed by atoms with Crippen LogP contribution in [0, 0.1) is 0 Å². The lowest BCUT2D eigenvalue weighted by Gasteiger charge is -2.23. The number of sulfonamides is 1. The van der Waals surface area contributed by atoms with Gasteiger partial charge in [-0.25, -0.2) is 8.42 Å². The van der Waals surface area contributed by atoms with Crippen LogP contribution >= 0.6 is 22.9 Å². The van der Waals surface area contributed by atoms with Crippen molar-refractivity contribution in [3.63, 3.8) is 0 Å². The fraction of sp³-hybridized carbons (Fsp3) is 0.421. The van der Waals surface area contributed by atoms with Crippen LogP contribution in [0.15, 0.2) is 46.7 Å². The first kappa shape index (κ1) is 21.1. The summed E-state index contributed by atoms with van der Waals surface area (Å²) in [5.41, 5.74) is 1.12. The van der Waals surface area contributed by atoms with Gasteiger partial charge in [0, 0.05) is 32.4 Å². The normalized spacial score (nSPS) is 17.6. The highest BCUT2D eigenvalue weighted by Crippen LogP contribution is 2.32. The molecular weight excluding hydrogens is 418 g/mol. The maximum atomic E-state index is 12.8. The van der Waals surface area contributed by atoms with Crippen LogP contribution in [-0.2, 0) is 14.8 Å². The van der Waals surface area contributed by atoms with Crippen LogP contribution in [0.3, 0.4) is 0 Å². The number of halogens is 1. The number of benzene rings is 1. The lowest BCUT2D eigenvalue weighted by Crippen LogP contribution is -2.46. The lowest BCUT2D eigenvalue weighted by atomic mass is 10.2. The molecule has 1 amide bonds. The largest absolute Gasteiger partial charge is 0.375 e. The Morgan fingerprint density at radius 1 is 1.29 bits per heavy atom. The number of carbonyl (C=O) groups is 1. The van der Waals surface area contributed by atoms with Crippen molar-refractivity contribution in [2.24, 2.45) is 0 Å². The third kappa shape index (κ3) is 4.86. The molecule has 0 radical (unpaired) electrons. The summed E-state index contributed by atoms with van der Waals surface area (Å²) in [7, 11) is -1.69. The molecule has 1 fully saturated rings. The summed E-state index contributed by atoms with van der Waals surface area (Å²) >= 11 is 6.90. The summed E-state index contributed by atoms with van der Waals surface area (Å²) in [5.74, 6) is -0.230. The molecule has 1 N–H and O–H groups in total. The SMILES string of the molecule is CN(CCCNC(=O)[C@H]1CCCN1S(=O)(=O)c1ccc(Cl)s1)c1ccccc1. The molecule has 0 spiro atoms. The molecule has 0 unspecified atom stereocenters. The van der Waals surface area contributed by atoms with Crippen molar-refractivity contribution in [2.45, 2.75) is 29.5 Å². The summed E-state index contributed by atoms with van der Waals surface area (Å²) < 4.78 is 27.6. The van der Waals surface area contributed by atoms with Crippen LogP contribution in [0.2, 0.25) is 4.34 Å². The van der Waals surface area contributed by atoms with Crippen molar-refractivity contribution in [1.29, 1.82) is 0 Å². The molecule has 9 heteroatoms. The third-order valence-electron chi connectivity index (χ3n) is 4.78. The molecule has 1 aromatic carbocycles. The number of para-hydroxylation sites is 1. The number of hydrogen-bond donors (Lipinski definition) is 1. The molecule has 1 aliphatic rings. The second kappa shape index (κ2) is 9.26. The van der Waals surface area contributed by atoms with Crippen molar-refractivity contribution in [3.8, 4) is 0 Å². The summed E-state index contributed by atoms with van der Waals surface area (Å²) in [6.45, 7) is 1.66. The van der Waals surface area contributed by atoms with E-state index in [2.05, 4.69) is 10.2 Å². The van der Waals surface area contributed by atoms with Gasteiger partial charge in [0.15, 0.2) is 0 Å². The van der Waals surface area contributed by atoms with E-state index in [1.165, 1.54) is 10.4 Å². The highest BCUT2D eigenvalue weighted by Gasteiger charge is 2.39.